The number of benzene rings is 2. The van der Waals surface area contributed by atoms with Crippen molar-refractivity contribution in [2.45, 2.75) is 26.0 Å². The zero-order valence-electron chi connectivity index (χ0n) is 14.4. The summed E-state index contributed by atoms with van der Waals surface area (Å²) in [5.41, 5.74) is 8.57. The second-order valence-electron chi connectivity index (χ2n) is 5.77. The number of hydrogen-bond acceptors (Lipinski definition) is 4. The minimum absolute atomic E-state index is 0.162. The molecule has 0 aliphatic rings. The van der Waals surface area contributed by atoms with Crippen LogP contribution in [-0.4, -0.2) is 24.0 Å². The number of anilines is 1. The number of ether oxygens (including phenoxy) is 1. The van der Waals surface area contributed by atoms with Gasteiger partial charge in [0.05, 0.1) is 6.04 Å². The average Bonchev–Trinajstić information content (AvgIpc) is 2.60. The summed E-state index contributed by atoms with van der Waals surface area (Å²) in [7, 11) is 0. The van der Waals surface area contributed by atoms with Crippen LogP contribution in [0.4, 0.5) is 5.69 Å². The van der Waals surface area contributed by atoms with Crippen molar-refractivity contribution < 1.29 is 9.53 Å². The van der Waals surface area contributed by atoms with Crippen molar-refractivity contribution in [3.8, 4) is 5.75 Å². The van der Waals surface area contributed by atoms with E-state index < -0.39 is 6.04 Å². The van der Waals surface area contributed by atoms with Gasteiger partial charge in [0.2, 0.25) is 5.91 Å². The van der Waals surface area contributed by atoms with Gasteiger partial charge in [-0.15, -0.1) is 0 Å². The Morgan fingerprint density at radius 2 is 2.12 bits per heavy atom. The Bertz CT molecular complexity index is 724. The van der Waals surface area contributed by atoms with Gasteiger partial charge in [0, 0.05) is 10.7 Å². The van der Waals surface area contributed by atoms with E-state index in [-0.39, 0.29) is 5.91 Å². The number of nitrogens with two attached hydrogens (primary N) is 1. The highest BCUT2D eigenvalue weighted by Gasteiger charge is 2.14. The Kier molecular flexibility index (Phi) is 7.62. The summed E-state index contributed by atoms with van der Waals surface area (Å²) in [6.45, 7) is 2.36. The summed E-state index contributed by atoms with van der Waals surface area (Å²) < 4.78 is 5.79. The molecule has 25 heavy (non-hydrogen) atoms. The normalized spacial score (nSPS) is 11.8. The van der Waals surface area contributed by atoms with Gasteiger partial charge in [-0.3, -0.25) is 4.79 Å². The molecule has 0 aliphatic heterocycles. The van der Waals surface area contributed by atoms with Crippen molar-refractivity contribution in [3.05, 3.63) is 58.6 Å². The van der Waals surface area contributed by atoms with E-state index in [1.807, 2.05) is 55.6 Å². The highest BCUT2D eigenvalue weighted by Crippen LogP contribution is 2.23. The largest absolute Gasteiger partial charge is 0.489 e. The summed E-state index contributed by atoms with van der Waals surface area (Å²) in [6.07, 6.45) is 2.66. The van der Waals surface area contributed by atoms with Crippen LogP contribution >= 0.6 is 23.4 Å². The first-order chi connectivity index (χ1) is 12.0. The van der Waals surface area contributed by atoms with Crippen molar-refractivity contribution >= 4 is 35.0 Å². The van der Waals surface area contributed by atoms with Gasteiger partial charge in [-0.05, 0) is 66.8 Å². The number of thioether (sulfide) groups is 1. The van der Waals surface area contributed by atoms with Gasteiger partial charge in [-0.1, -0.05) is 23.7 Å². The summed E-state index contributed by atoms with van der Waals surface area (Å²) >= 11 is 7.65. The number of nitrogens with one attached hydrogen (secondary N) is 1. The van der Waals surface area contributed by atoms with E-state index in [0.29, 0.717) is 18.1 Å². The first-order valence-corrected chi connectivity index (χ1v) is 9.80. The SMILES string of the molecule is CSCC[C@H](N)C(=O)Nc1ccc(OCc2cccc(Cl)c2)cc1C. The molecule has 4 nitrogen and oxygen atoms in total. The van der Waals surface area contributed by atoms with Crippen molar-refractivity contribution in [1.82, 2.24) is 0 Å². The lowest BCUT2D eigenvalue weighted by molar-refractivity contribution is -0.117. The molecule has 0 heterocycles. The molecule has 0 bridgehead atoms. The molecular formula is C19H23ClN2O2S. The third-order valence-corrected chi connectivity index (χ3v) is 4.60. The molecule has 2 aromatic rings. The molecular weight excluding hydrogens is 356 g/mol. The number of aryl methyl sites for hydroxylation is 1. The van der Waals surface area contributed by atoms with Crippen LogP contribution in [0.15, 0.2) is 42.5 Å². The molecule has 3 N–H and O–H groups in total. The predicted octanol–water partition coefficient (Wildman–Crippen LogP) is 4.25. The van der Waals surface area contributed by atoms with Crippen LogP contribution in [0.5, 0.6) is 5.75 Å². The maximum Gasteiger partial charge on any atom is 0.241 e. The number of carbonyl (C=O) groups excluding carboxylic acids is 1. The van der Waals surface area contributed by atoms with E-state index in [9.17, 15) is 4.79 Å². The molecule has 1 atom stereocenters. The van der Waals surface area contributed by atoms with Crippen LogP contribution in [0.25, 0.3) is 0 Å². The molecule has 2 rings (SSSR count). The molecule has 6 heteroatoms. The molecule has 0 fully saturated rings. The average molecular weight is 379 g/mol. The highest BCUT2D eigenvalue weighted by molar-refractivity contribution is 7.98. The van der Waals surface area contributed by atoms with Crippen molar-refractivity contribution in [3.63, 3.8) is 0 Å². The van der Waals surface area contributed by atoms with Crippen LogP contribution in [0.2, 0.25) is 5.02 Å². The van der Waals surface area contributed by atoms with Gasteiger partial charge in [0.25, 0.3) is 0 Å². The van der Waals surface area contributed by atoms with E-state index in [1.165, 1.54) is 0 Å². The summed E-state index contributed by atoms with van der Waals surface area (Å²) in [5, 5.41) is 3.57. The molecule has 0 radical (unpaired) electrons. The van der Waals surface area contributed by atoms with Crippen LogP contribution in [0.1, 0.15) is 17.5 Å². The third kappa shape index (κ3) is 6.27. The van der Waals surface area contributed by atoms with Crippen molar-refractivity contribution in [1.29, 1.82) is 0 Å². The Morgan fingerprint density at radius 1 is 1.32 bits per heavy atom. The van der Waals surface area contributed by atoms with Crippen molar-refractivity contribution in [2.24, 2.45) is 5.73 Å². The minimum Gasteiger partial charge on any atom is -0.489 e. The molecule has 0 unspecified atom stereocenters. The lowest BCUT2D eigenvalue weighted by Crippen LogP contribution is -2.36. The van der Waals surface area contributed by atoms with E-state index in [1.54, 1.807) is 11.8 Å². The monoisotopic (exact) mass is 378 g/mol. The molecule has 0 saturated heterocycles. The van der Waals surface area contributed by atoms with Crippen LogP contribution in [0.3, 0.4) is 0 Å². The van der Waals surface area contributed by atoms with Gasteiger partial charge in [-0.2, -0.15) is 11.8 Å². The molecule has 2 aromatic carbocycles. The second kappa shape index (κ2) is 9.70. The summed E-state index contributed by atoms with van der Waals surface area (Å²) in [4.78, 5) is 12.1. The third-order valence-electron chi connectivity index (χ3n) is 3.72. The van der Waals surface area contributed by atoms with E-state index in [2.05, 4.69) is 5.32 Å². The van der Waals surface area contributed by atoms with Crippen LogP contribution in [-0.2, 0) is 11.4 Å². The number of amides is 1. The second-order valence-corrected chi connectivity index (χ2v) is 7.19. The summed E-state index contributed by atoms with van der Waals surface area (Å²) in [6, 6.07) is 12.6. The highest BCUT2D eigenvalue weighted by atomic mass is 35.5. The lowest BCUT2D eigenvalue weighted by atomic mass is 10.1. The van der Waals surface area contributed by atoms with Gasteiger partial charge in [0.1, 0.15) is 12.4 Å². The molecule has 1 amide bonds. The van der Waals surface area contributed by atoms with Gasteiger partial charge in [-0.25, -0.2) is 0 Å². The maximum atomic E-state index is 12.1. The predicted molar refractivity (Wildman–Crippen MR) is 107 cm³/mol. The molecule has 0 aromatic heterocycles. The van der Waals surface area contributed by atoms with Gasteiger partial charge < -0.3 is 15.8 Å². The fraction of sp³-hybridized carbons (Fsp3) is 0.316. The zero-order valence-corrected chi connectivity index (χ0v) is 16.0. The van der Waals surface area contributed by atoms with Crippen molar-refractivity contribution in [2.75, 3.05) is 17.3 Å². The van der Waals surface area contributed by atoms with Crippen LogP contribution < -0.4 is 15.8 Å². The Hall–Kier alpha value is -1.69. The minimum atomic E-state index is -0.495. The molecule has 0 spiro atoms. The topological polar surface area (TPSA) is 64.4 Å². The maximum absolute atomic E-state index is 12.1. The zero-order chi connectivity index (χ0) is 18.2. The molecule has 134 valence electrons. The first kappa shape index (κ1) is 19.6. The fourth-order valence-corrected chi connectivity index (χ4v) is 2.96. The first-order valence-electron chi connectivity index (χ1n) is 8.03. The number of rotatable bonds is 8. The quantitative estimate of drug-likeness (QED) is 0.720. The lowest BCUT2D eigenvalue weighted by Gasteiger charge is -2.14. The molecule has 0 saturated carbocycles. The Labute approximate surface area is 158 Å². The molecule has 0 aliphatic carbocycles. The number of hydrogen-bond donors (Lipinski definition) is 2. The summed E-state index contributed by atoms with van der Waals surface area (Å²) in [5.74, 6) is 1.44. The Balaban J connectivity index is 1.94. The van der Waals surface area contributed by atoms with E-state index in [4.69, 9.17) is 22.1 Å². The fourth-order valence-electron chi connectivity index (χ4n) is 2.26. The standard InChI is InChI=1S/C19H23ClN2O2S/c1-13-10-16(24-12-14-4-3-5-15(20)11-14)6-7-18(13)22-19(23)17(21)8-9-25-2/h3-7,10-11,17H,8-9,12,21H2,1-2H3,(H,22,23)/t17-/m0/s1. The Morgan fingerprint density at radius 3 is 2.80 bits per heavy atom. The van der Waals surface area contributed by atoms with Crippen LogP contribution in [0, 0.1) is 6.92 Å². The van der Waals surface area contributed by atoms with Gasteiger partial charge >= 0.3 is 0 Å². The smallest absolute Gasteiger partial charge is 0.241 e. The van der Waals surface area contributed by atoms with E-state index >= 15 is 0 Å². The number of carbonyl (C=O) groups is 1. The van der Waals surface area contributed by atoms with Gasteiger partial charge in [0.15, 0.2) is 0 Å². The number of halogens is 1. The van der Waals surface area contributed by atoms with E-state index in [0.717, 1.165) is 28.3 Å².